The van der Waals surface area contributed by atoms with Gasteiger partial charge in [0.25, 0.3) is 5.56 Å². The molecule has 17 heavy (non-hydrogen) atoms. The first-order valence-electron chi connectivity index (χ1n) is 5.73. The van der Waals surface area contributed by atoms with Crippen LogP contribution < -0.4 is 5.56 Å². The summed E-state index contributed by atoms with van der Waals surface area (Å²) in [6.07, 6.45) is 0. The summed E-state index contributed by atoms with van der Waals surface area (Å²) in [4.78, 5) is 14.3. The van der Waals surface area contributed by atoms with Gasteiger partial charge in [-0.05, 0) is 26.1 Å². The molecule has 88 valence electrons. The summed E-state index contributed by atoms with van der Waals surface area (Å²) in [5.74, 6) is 0. The zero-order chi connectivity index (χ0) is 12.0. The second-order valence-electron chi connectivity index (χ2n) is 4.72. The first-order valence-corrected chi connectivity index (χ1v) is 5.73. The summed E-state index contributed by atoms with van der Waals surface area (Å²) >= 11 is 0. The van der Waals surface area contributed by atoms with Gasteiger partial charge in [0.2, 0.25) is 0 Å². The maximum absolute atomic E-state index is 12.2. The van der Waals surface area contributed by atoms with Gasteiger partial charge in [-0.3, -0.25) is 14.8 Å². The van der Waals surface area contributed by atoms with Gasteiger partial charge in [0.05, 0.1) is 16.9 Å². The van der Waals surface area contributed by atoms with E-state index in [0.717, 1.165) is 30.0 Å². The monoisotopic (exact) mass is 229 g/mol. The molecule has 0 saturated carbocycles. The third-order valence-corrected chi connectivity index (χ3v) is 3.22. The van der Waals surface area contributed by atoms with E-state index in [0.29, 0.717) is 0 Å². The van der Waals surface area contributed by atoms with Crippen LogP contribution in [0.1, 0.15) is 16.8 Å². The summed E-state index contributed by atoms with van der Waals surface area (Å²) in [7, 11) is 2.02. The third kappa shape index (κ3) is 1.61. The van der Waals surface area contributed by atoms with Crippen molar-refractivity contribution in [2.24, 2.45) is 0 Å². The molecule has 1 N–H and O–H groups in total. The molecule has 1 aromatic carbocycles. The Morgan fingerprint density at radius 1 is 1.18 bits per heavy atom. The summed E-state index contributed by atoms with van der Waals surface area (Å²) in [6.45, 7) is 3.60. The van der Waals surface area contributed by atoms with Crippen molar-refractivity contribution in [3.63, 3.8) is 0 Å². The van der Waals surface area contributed by atoms with E-state index in [2.05, 4.69) is 10.00 Å². The van der Waals surface area contributed by atoms with Gasteiger partial charge in [0.15, 0.2) is 0 Å². The van der Waals surface area contributed by atoms with Crippen molar-refractivity contribution in [2.75, 3.05) is 7.05 Å². The van der Waals surface area contributed by atoms with E-state index in [4.69, 9.17) is 0 Å². The lowest BCUT2D eigenvalue weighted by atomic mass is 10.2. The van der Waals surface area contributed by atoms with Gasteiger partial charge < -0.3 is 0 Å². The molecule has 0 spiro atoms. The fourth-order valence-electron chi connectivity index (χ4n) is 2.28. The van der Waals surface area contributed by atoms with E-state index >= 15 is 0 Å². The maximum Gasteiger partial charge on any atom is 0.276 e. The first kappa shape index (κ1) is 10.4. The minimum atomic E-state index is 0.0770. The molecule has 0 bridgehead atoms. The topological polar surface area (TPSA) is 41.0 Å². The zero-order valence-corrected chi connectivity index (χ0v) is 10.0. The highest BCUT2D eigenvalue weighted by Gasteiger charge is 2.23. The Balaban J connectivity index is 2.09. The number of hydrogen-bond donors (Lipinski definition) is 1. The molecule has 1 aliphatic heterocycles. The minimum Gasteiger partial charge on any atom is -0.296 e. The van der Waals surface area contributed by atoms with Crippen molar-refractivity contribution in [2.45, 2.75) is 20.0 Å². The molecule has 2 aromatic rings. The van der Waals surface area contributed by atoms with Crippen LogP contribution in [0.25, 0.3) is 5.69 Å². The van der Waals surface area contributed by atoms with Crippen LogP contribution in [-0.2, 0) is 13.1 Å². The van der Waals surface area contributed by atoms with Crippen LogP contribution in [0.3, 0.4) is 0 Å². The van der Waals surface area contributed by atoms with Crippen LogP contribution in [0.4, 0.5) is 0 Å². The van der Waals surface area contributed by atoms with E-state index in [1.54, 1.807) is 4.68 Å². The molecule has 0 amide bonds. The number of nitrogens with zero attached hydrogens (tertiary/aromatic N) is 2. The minimum absolute atomic E-state index is 0.0770. The van der Waals surface area contributed by atoms with E-state index in [1.165, 1.54) is 5.56 Å². The number of fused-ring (bicyclic) bond motifs is 1. The number of aromatic amines is 1. The fourth-order valence-corrected chi connectivity index (χ4v) is 2.28. The molecule has 1 aromatic heterocycles. The van der Waals surface area contributed by atoms with Gasteiger partial charge in [-0.25, -0.2) is 4.68 Å². The van der Waals surface area contributed by atoms with Crippen molar-refractivity contribution in [3.8, 4) is 5.69 Å². The average molecular weight is 229 g/mol. The van der Waals surface area contributed by atoms with Gasteiger partial charge in [-0.1, -0.05) is 17.7 Å². The van der Waals surface area contributed by atoms with E-state index < -0.39 is 0 Å². The highest BCUT2D eigenvalue weighted by Crippen LogP contribution is 2.17. The lowest BCUT2D eigenvalue weighted by Gasteiger charge is -2.07. The first-order chi connectivity index (χ1) is 8.15. The SMILES string of the molecule is Cc1ccc(-n2[nH]c3c(c2=O)CN(C)C3)cc1. The largest absolute Gasteiger partial charge is 0.296 e. The van der Waals surface area contributed by atoms with Crippen LogP contribution in [0.2, 0.25) is 0 Å². The second-order valence-corrected chi connectivity index (χ2v) is 4.72. The fraction of sp³-hybridized carbons (Fsp3) is 0.308. The lowest BCUT2D eigenvalue weighted by molar-refractivity contribution is 0.346. The summed E-state index contributed by atoms with van der Waals surface area (Å²) in [5.41, 5.74) is 4.11. The van der Waals surface area contributed by atoms with E-state index in [1.807, 2.05) is 38.2 Å². The van der Waals surface area contributed by atoms with Crippen LogP contribution in [-0.4, -0.2) is 21.7 Å². The van der Waals surface area contributed by atoms with Crippen molar-refractivity contribution >= 4 is 0 Å². The number of benzene rings is 1. The standard InChI is InChI=1S/C13H15N3O/c1-9-3-5-10(6-4-9)16-13(17)11-7-15(2)8-12(11)14-16/h3-6,14H,7-8H2,1-2H3. The normalized spacial score (nSPS) is 15.2. The van der Waals surface area contributed by atoms with Crippen molar-refractivity contribution in [3.05, 3.63) is 51.4 Å². The molecule has 0 unspecified atom stereocenters. The van der Waals surface area contributed by atoms with Crippen LogP contribution in [0.15, 0.2) is 29.1 Å². The summed E-state index contributed by atoms with van der Waals surface area (Å²) < 4.78 is 1.64. The highest BCUT2D eigenvalue weighted by molar-refractivity contribution is 5.36. The smallest absolute Gasteiger partial charge is 0.276 e. The molecule has 4 nitrogen and oxygen atoms in total. The molecule has 4 heteroatoms. The molecular weight excluding hydrogens is 214 g/mol. The number of nitrogens with one attached hydrogen (secondary N) is 1. The number of H-pyrrole nitrogens is 1. The van der Waals surface area contributed by atoms with Crippen molar-refractivity contribution < 1.29 is 0 Å². The van der Waals surface area contributed by atoms with Crippen LogP contribution in [0, 0.1) is 6.92 Å². The van der Waals surface area contributed by atoms with Crippen molar-refractivity contribution in [1.29, 1.82) is 0 Å². The van der Waals surface area contributed by atoms with Gasteiger partial charge in [-0.15, -0.1) is 0 Å². The molecule has 0 radical (unpaired) electrons. The molecule has 3 rings (SSSR count). The summed E-state index contributed by atoms with van der Waals surface area (Å²) in [5, 5.41) is 3.19. The van der Waals surface area contributed by atoms with Gasteiger partial charge >= 0.3 is 0 Å². The molecule has 2 heterocycles. The lowest BCUT2D eigenvalue weighted by Crippen LogP contribution is -2.20. The van der Waals surface area contributed by atoms with E-state index in [9.17, 15) is 4.79 Å². The molecule has 0 aliphatic carbocycles. The third-order valence-electron chi connectivity index (χ3n) is 3.22. The Morgan fingerprint density at radius 3 is 2.53 bits per heavy atom. The number of aromatic nitrogens is 2. The Hall–Kier alpha value is -1.81. The van der Waals surface area contributed by atoms with Gasteiger partial charge in [0, 0.05) is 13.1 Å². The van der Waals surface area contributed by atoms with E-state index in [-0.39, 0.29) is 5.56 Å². The summed E-state index contributed by atoms with van der Waals surface area (Å²) in [6, 6.07) is 7.96. The molecule has 1 aliphatic rings. The number of aryl methyl sites for hydroxylation is 1. The Bertz CT molecular complexity index is 607. The number of hydrogen-bond acceptors (Lipinski definition) is 2. The molecule has 0 saturated heterocycles. The maximum atomic E-state index is 12.2. The van der Waals surface area contributed by atoms with Crippen LogP contribution in [0.5, 0.6) is 0 Å². The zero-order valence-electron chi connectivity index (χ0n) is 10.0. The molecular formula is C13H15N3O. The van der Waals surface area contributed by atoms with Crippen LogP contribution >= 0.6 is 0 Å². The molecule has 0 atom stereocenters. The Morgan fingerprint density at radius 2 is 1.88 bits per heavy atom. The van der Waals surface area contributed by atoms with Gasteiger partial charge in [0.1, 0.15) is 0 Å². The Labute approximate surface area is 99.5 Å². The molecule has 0 fully saturated rings. The second kappa shape index (κ2) is 3.60. The average Bonchev–Trinajstić information content (AvgIpc) is 2.79. The Kier molecular flexibility index (Phi) is 2.19. The predicted octanol–water partition coefficient (Wildman–Crippen LogP) is 1.42. The predicted molar refractivity (Wildman–Crippen MR) is 66.3 cm³/mol. The highest BCUT2D eigenvalue weighted by atomic mass is 16.1. The van der Waals surface area contributed by atoms with Crippen molar-refractivity contribution in [1.82, 2.24) is 14.7 Å². The number of rotatable bonds is 1. The quantitative estimate of drug-likeness (QED) is 0.803. The van der Waals surface area contributed by atoms with Gasteiger partial charge in [-0.2, -0.15) is 0 Å².